The van der Waals surface area contributed by atoms with E-state index in [0.29, 0.717) is 22.7 Å². The lowest BCUT2D eigenvalue weighted by molar-refractivity contribution is 0.102. The fourth-order valence-corrected chi connectivity index (χ4v) is 3.91. The number of anilines is 1. The molecule has 7 heteroatoms. The van der Waals surface area contributed by atoms with Crippen LogP contribution in [0.25, 0.3) is 22.6 Å². The number of nitrogens with zero attached hydrogens (tertiary/aromatic N) is 2. The van der Waals surface area contributed by atoms with Gasteiger partial charge in [0, 0.05) is 38.3 Å². The number of benzene rings is 3. The van der Waals surface area contributed by atoms with Crippen LogP contribution < -0.4 is 10.6 Å². The Kier molecular flexibility index (Phi) is 5.66. The van der Waals surface area contributed by atoms with Gasteiger partial charge >= 0.3 is 0 Å². The van der Waals surface area contributed by atoms with Crippen molar-refractivity contribution in [1.82, 2.24) is 15.2 Å². The number of oxazole rings is 1. The van der Waals surface area contributed by atoms with E-state index >= 15 is 0 Å². The van der Waals surface area contributed by atoms with Gasteiger partial charge in [-0.05, 0) is 48.0 Å². The second-order valence-corrected chi connectivity index (χ2v) is 7.86. The monoisotopic (exact) mass is 430 g/mol. The molecule has 0 radical (unpaired) electrons. The van der Waals surface area contributed by atoms with Crippen LogP contribution in [0.15, 0.2) is 71.1 Å². The third-order valence-corrected chi connectivity index (χ3v) is 5.56. The molecule has 2 heterocycles. The second kappa shape index (κ2) is 8.90. The number of halogens is 1. The molecule has 32 heavy (non-hydrogen) atoms. The van der Waals surface area contributed by atoms with Crippen LogP contribution in [-0.4, -0.2) is 42.0 Å². The molecular weight excluding hydrogens is 407 g/mol. The molecule has 2 N–H and O–H groups in total. The fourth-order valence-electron chi connectivity index (χ4n) is 3.91. The number of nitrogens with one attached hydrogen (secondary N) is 2. The maximum atomic E-state index is 13.5. The van der Waals surface area contributed by atoms with Crippen molar-refractivity contribution >= 4 is 22.7 Å². The van der Waals surface area contributed by atoms with Gasteiger partial charge in [0.15, 0.2) is 5.58 Å². The van der Waals surface area contributed by atoms with Gasteiger partial charge in [-0.1, -0.05) is 24.3 Å². The van der Waals surface area contributed by atoms with E-state index in [-0.39, 0.29) is 5.56 Å². The highest BCUT2D eigenvalue weighted by molar-refractivity contribution is 6.06. The lowest BCUT2D eigenvalue weighted by Gasteiger charge is -2.27. The quantitative estimate of drug-likeness (QED) is 0.494. The molecule has 4 aromatic rings. The first kappa shape index (κ1) is 20.4. The summed E-state index contributed by atoms with van der Waals surface area (Å²) in [5.41, 5.74) is 4.10. The van der Waals surface area contributed by atoms with E-state index in [2.05, 4.69) is 26.6 Å². The van der Waals surface area contributed by atoms with E-state index < -0.39 is 11.7 Å². The van der Waals surface area contributed by atoms with Crippen molar-refractivity contribution in [3.8, 4) is 11.5 Å². The van der Waals surface area contributed by atoms with E-state index in [4.69, 9.17) is 4.42 Å². The van der Waals surface area contributed by atoms with E-state index in [1.807, 2.05) is 30.3 Å². The third kappa shape index (κ3) is 4.39. The number of hydrogen-bond donors (Lipinski definition) is 2. The maximum Gasteiger partial charge on any atom is 0.255 e. The summed E-state index contributed by atoms with van der Waals surface area (Å²) in [4.78, 5) is 19.7. The second-order valence-electron chi connectivity index (χ2n) is 7.86. The highest BCUT2D eigenvalue weighted by Crippen LogP contribution is 2.31. The molecule has 0 unspecified atom stereocenters. The Labute approximate surface area is 185 Å². The molecule has 1 aromatic heterocycles. The van der Waals surface area contributed by atoms with Gasteiger partial charge in [-0.15, -0.1) is 0 Å². The number of carbonyl (C=O) groups excluding carboxylic acids is 1. The zero-order chi connectivity index (χ0) is 21.9. The van der Waals surface area contributed by atoms with Crippen molar-refractivity contribution in [2.24, 2.45) is 0 Å². The molecule has 1 amide bonds. The summed E-state index contributed by atoms with van der Waals surface area (Å²) in [6, 6.07) is 19.0. The molecule has 1 fully saturated rings. The Balaban J connectivity index is 1.40. The van der Waals surface area contributed by atoms with Crippen molar-refractivity contribution in [2.45, 2.75) is 6.54 Å². The van der Waals surface area contributed by atoms with Crippen LogP contribution in [0.1, 0.15) is 15.9 Å². The Morgan fingerprint density at radius 2 is 1.91 bits per heavy atom. The number of carbonyl (C=O) groups is 1. The molecular formula is C25H23FN4O2. The average Bonchev–Trinajstić information content (AvgIpc) is 3.23. The number of hydrogen-bond acceptors (Lipinski definition) is 5. The molecule has 1 aliphatic rings. The van der Waals surface area contributed by atoms with Gasteiger partial charge in [-0.25, -0.2) is 9.37 Å². The molecule has 6 nitrogen and oxygen atoms in total. The van der Waals surface area contributed by atoms with Crippen molar-refractivity contribution in [2.75, 3.05) is 31.5 Å². The van der Waals surface area contributed by atoms with Crippen LogP contribution in [0.2, 0.25) is 0 Å². The number of piperazine rings is 1. The zero-order valence-electron chi connectivity index (χ0n) is 17.5. The summed E-state index contributed by atoms with van der Waals surface area (Å²) in [5, 5.41) is 6.21. The predicted molar refractivity (Wildman–Crippen MR) is 122 cm³/mol. The molecule has 0 spiro atoms. The van der Waals surface area contributed by atoms with E-state index in [1.165, 1.54) is 23.8 Å². The molecule has 5 rings (SSSR count). The Hall–Kier alpha value is -3.55. The number of para-hydroxylation sites is 1. The van der Waals surface area contributed by atoms with E-state index in [1.54, 1.807) is 12.1 Å². The lowest BCUT2D eigenvalue weighted by Crippen LogP contribution is -2.42. The van der Waals surface area contributed by atoms with Gasteiger partial charge in [-0.3, -0.25) is 9.69 Å². The van der Waals surface area contributed by atoms with Crippen LogP contribution >= 0.6 is 0 Å². The Morgan fingerprint density at radius 3 is 2.75 bits per heavy atom. The smallest absolute Gasteiger partial charge is 0.255 e. The molecule has 1 saturated heterocycles. The summed E-state index contributed by atoms with van der Waals surface area (Å²) in [6.45, 7) is 4.93. The molecule has 3 aromatic carbocycles. The minimum Gasteiger partial charge on any atom is -0.436 e. The summed E-state index contributed by atoms with van der Waals surface area (Å²) in [5.74, 6) is -0.428. The van der Waals surface area contributed by atoms with Gasteiger partial charge in [0.25, 0.3) is 5.91 Å². The highest BCUT2D eigenvalue weighted by atomic mass is 19.1. The van der Waals surface area contributed by atoms with Gasteiger partial charge in [0.05, 0.1) is 11.3 Å². The van der Waals surface area contributed by atoms with Gasteiger partial charge in [0.1, 0.15) is 11.3 Å². The molecule has 0 saturated carbocycles. The van der Waals surface area contributed by atoms with Gasteiger partial charge in [-0.2, -0.15) is 0 Å². The Bertz CT molecular complexity index is 1260. The average molecular weight is 430 g/mol. The fraction of sp³-hybridized carbons (Fsp3) is 0.200. The number of amides is 1. The van der Waals surface area contributed by atoms with E-state index in [9.17, 15) is 9.18 Å². The Morgan fingerprint density at radius 1 is 1.06 bits per heavy atom. The maximum absolute atomic E-state index is 13.5. The first-order valence-electron chi connectivity index (χ1n) is 10.6. The van der Waals surface area contributed by atoms with Crippen LogP contribution in [0, 0.1) is 5.82 Å². The summed E-state index contributed by atoms with van der Waals surface area (Å²) in [7, 11) is 0. The minimum absolute atomic E-state index is 0.245. The van der Waals surface area contributed by atoms with Crippen LogP contribution in [-0.2, 0) is 6.54 Å². The molecule has 1 aliphatic heterocycles. The summed E-state index contributed by atoms with van der Waals surface area (Å²) >= 11 is 0. The normalized spacial score (nSPS) is 14.5. The number of aromatic nitrogens is 1. The zero-order valence-corrected chi connectivity index (χ0v) is 17.5. The van der Waals surface area contributed by atoms with E-state index in [0.717, 1.165) is 38.2 Å². The van der Waals surface area contributed by atoms with Crippen molar-refractivity contribution < 1.29 is 13.6 Å². The van der Waals surface area contributed by atoms with Crippen molar-refractivity contribution in [3.05, 3.63) is 83.7 Å². The van der Waals surface area contributed by atoms with Gasteiger partial charge in [0.2, 0.25) is 5.89 Å². The number of rotatable bonds is 5. The molecule has 0 aliphatic carbocycles. The summed E-state index contributed by atoms with van der Waals surface area (Å²) < 4.78 is 19.6. The largest absolute Gasteiger partial charge is 0.436 e. The van der Waals surface area contributed by atoms with Crippen molar-refractivity contribution in [1.29, 1.82) is 0 Å². The minimum atomic E-state index is -0.457. The van der Waals surface area contributed by atoms with Crippen LogP contribution in [0.5, 0.6) is 0 Å². The highest BCUT2D eigenvalue weighted by Gasteiger charge is 2.16. The topological polar surface area (TPSA) is 70.4 Å². The van der Waals surface area contributed by atoms with Gasteiger partial charge < -0.3 is 15.1 Å². The third-order valence-electron chi connectivity index (χ3n) is 5.56. The first-order chi connectivity index (χ1) is 15.7. The van der Waals surface area contributed by atoms with Crippen LogP contribution in [0.4, 0.5) is 10.1 Å². The SMILES string of the molecule is O=C(Nc1ccccc1-c1nc2ccc(CN3CCNCC3)cc2o1)c1cccc(F)c1. The van der Waals surface area contributed by atoms with Crippen molar-refractivity contribution in [3.63, 3.8) is 0 Å². The molecule has 0 bridgehead atoms. The van der Waals surface area contributed by atoms with Crippen LogP contribution in [0.3, 0.4) is 0 Å². The first-order valence-corrected chi connectivity index (χ1v) is 10.6. The standard InChI is InChI=1S/C25H23FN4O2/c26-19-5-3-4-18(15-19)24(31)28-21-7-2-1-6-20(21)25-29-22-9-8-17(14-23(22)32-25)16-30-12-10-27-11-13-30/h1-9,14-15,27H,10-13,16H2,(H,28,31). The molecule has 0 atom stereocenters. The number of fused-ring (bicyclic) bond motifs is 1. The molecule has 162 valence electrons. The predicted octanol–water partition coefficient (Wildman–Crippen LogP) is 4.29. The summed E-state index contributed by atoms with van der Waals surface area (Å²) in [6.07, 6.45) is 0. The lowest BCUT2D eigenvalue weighted by atomic mass is 10.1.